The van der Waals surface area contributed by atoms with Crippen molar-refractivity contribution in [1.82, 2.24) is 10.2 Å². The first kappa shape index (κ1) is 22.7. The van der Waals surface area contributed by atoms with Gasteiger partial charge in [-0.3, -0.25) is 4.79 Å². The van der Waals surface area contributed by atoms with E-state index < -0.39 is 34.7 Å². The van der Waals surface area contributed by atoms with Gasteiger partial charge in [0.15, 0.2) is 0 Å². The molecule has 0 radical (unpaired) electrons. The van der Waals surface area contributed by atoms with Gasteiger partial charge < -0.3 is 30.5 Å². The number of carbonyl (C=O) groups is 2. The quantitative estimate of drug-likeness (QED) is 0.490. The number of aryl methyl sites for hydroxylation is 1. The molecule has 2 aliphatic heterocycles. The molecule has 0 aliphatic carbocycles. The van der Waals surface area contributed by atoms with Crippen LogP contribution in [0.25, 0.3) is 0 Å². The van der Waals surface area contributed by atoms with E-state index in [1.807, 2.05) is 6.07 Å². The molecule has 3 atom stereocenters. The first-order valence-electron chi connectivity index (χ1n) is 10.2. The number of ether oxygens (including phenoxy) is 2. The van der Waals surface area contributed by atoms with Crippen LogP contribution in [-0.4, -0.2) is 64.4 Å². The summed E-state index contributed by atoms with van der Waals surface area (Å²) in [5.41, 5.74) is 5.31. The Morgan fingerprint density at radius 2 is 2.17 bits per heavy atom. The summed E-state index contributed by atoms with van der Waals surface area (Å²) >= 11 is 6.42. The maximum Gasteiger partial charge on any atom is 0.410 e. The third-order valence-corrected chi connectivity index (χ3v) is 5.88. The van der Waals surface area contributed by atoms with E-state index in [0.29, 0.717) is 17.9 Å². The smallest absolute Gasteiger partial charge is 0.410 e. The Morgan fingerprint density at radius 1 is 1.43 bits per heavy atom. The molecule has 30 heavy (non-hydrogen) atoms. The van der Waals surface area contributed by atoms with E-state index in [1.165, 1.54) is 4.90 Å². The summed E-state index contributed by atoms with van der Waals surface area (Å²) in [5.74, 6) is 0.121. The van der Waals surface area contributed by atoms with E-state index in [2.05, 4.69) is 5.32 Å². The minimum atomic E-state index is -1.58. The Labute approximate surface area is 181 Å². The molecule has 9 heteroatoms. The number of benzene rings is 1. The highest BCUT2D eigenvalue weighted by atomic mass is 35.5. The first-order chi connectivity index (χ1) is 14.0. The Balaban J connectivity index is 1.66. The lowest BCUT2D eigenvalue weighted by atomic mass is 9.87. The second-order valence-electron chi connectivity index (χ2n) is 8.83. The van der Waals surface area contributed by atoms with Crippen molar-refractivity contribution in [3.8, 4) is 5.75 Å². The number of para-hydroxylation sites is 1. The number of carbonyl (C=O) groups excluding carboxylic acids is 2. The zero-order valence-electron chi connectivity index (χ0n) is 17.6. The Bertz CT molecular complexity index is 812. The number of likely N-dealkylation sites (tertiary alicyclic amines) is 1. The Morgan fingerprint density at radius 3 is 2.83 bits per heavy atom. The number of piperidine rings is 1. The molecule has 1 aromatic carbocycles. The largest absolute Gasteiger partial charge is 0.492 e. The number of aliphatic hydroxyl groups is 1. The van der Waals surface area contributed by atoms with Crippen LogP contribution in [0.4, 0.5) is 4.79 Å². The predicted molar refractivity (Wildman–Crippen MR) is 113 cm³/mol. The lowest BCUT2D eigenvalue weighted by molar-refractivity contribution is -0.0483. The van der Waals surface area contributed by atoms with Gasteiger partial charge >= 0.3 is 6.09 Å². The van der Waals surface area contributed by atoms with Crippen molar-refractivity contribution < 1.29 is 24.2 Å². The zero-order valence-corrected chi connectivity index (χ0v) is 18.4. The molecule has 1 fully saturated rings. The molecule has 3 rings (SSSR count). The average molecular weight is 440 g/mol. The standard InChI is InChI=1S/C21H30ClN3O5/c1-20(2,3)30-19(27)25-10-9-21(28,15(22)12-25)18(23)24-17(26)14-8-4-6-13-7-5-11-29-16(13)14/h4,6,8,15,18,28H,5,7,9-12,23H2,1-3H3,(H,24,26). The van der Waals surface area contributed by atoms with Crippen LogP contribution in [0.1, 0.15) is 49.5 Å². The van der Waals surface area contributed by atoms with Gasteiger partial charge in [-0.1, -0.05) is 12.1 Å². The lowest BCUT2D eigenvalue weighted by Crippen LogP contribution is -2.67. The Hall–Kier alpha value is -2.03. The van der Waals surface area contributed by atoms with Gasteiger partial charge in [0.2, 0.25) is 0 Å². The molecule has 0 spiro atoms. The van der Waals surface area contributed by atoms with Gasteiger partial charge in [-0.15, -0.1) is 11.6 Å². The molecule has 2 heterocycles. The number of hydrogen-bond acceptors (Lipinski definition) is 6. The summed E-state index contributed by atoms with van der Waals surface area (Å²) in [7, 11) is 0. The number of hydrogen-bond donors (Lipinski definition) is 3. The molecular weight excluding hydrogens is 410 g/mol. The fraction of sp³-hybridized carbons (Fsp3) is 0.619. The first-order valence-corrected chi connectivity index (χ1v) is 10.6. The van der Waals surface area contributed by atoms with E-state index in [0.717, 1.165) is 18.4 Å². The summed E-state index contributed by atoms with van der Waals surface area (Å²) in [6, 6.07) is 5.39. The van der Waals surface area contributed by atoms with Crippen molar-refractivity contribution in [2.45, 2.75) is 62.8 Å². The van der Waals surface area contributed by atoms with Gasteiger partial charge in [0.1, 0.15) is 23.1 Å². The monoisotopic (exact) mass is 439 g/mol. The molecule has 0 saturated carbocycles. The number of nitrogens with one attached hydrogen (secondary N) is 1. The fourth-order valence-corrected chi connectivity index (χ4v) is 4.08. The number of fused-ring (bicyclic) bond motifs is 1. The van der Waals surface area contributed by atoms with Gasteiger partial charge in [-0.05, 0) is 51.7 Å². The van der Waals surface area contributed by atoms with Crippen molar-refractivity contribution in [2.24, 2.45) is 5.73 Å². The molecule has 0 bridgehead atoms. The lowest BCUT2D eigenvalue weighted by Gasteiger charge is -2.44. The number of nitrogens with two attached hydrogens (primary N) is 1. The topological polar surface area (TPSA) is 114 Å². The third kappa shape index (κ3) is 4.82. The average Bonchev–Trinajstić information content (AvgIpc) is 2.68. The third-order valence-electron chi connectivity index (χ3n) is 5.36. The van der Waals surface area contributed by atoms with Crippen molar-refractivity contribution >= 4 is 23.6 Å². The molecule has 166 valence electrons. The molecule has 2 amide bonds. The van der Waals surface area contributed by atoms with Crippen LogP contribution in [0.5, 0.6) is 5.75 Å². The van der Waals surface area contributed by atoms with Gasteiger partial charge in [-0.25, -0.2) is 4.79 Å². The van der Waals surface area contributed by atoms with Crippen LogP contribution in [0, 0.1) is 0 Å². The molecule has 4 N–H and O–H groups in total. The van der Waals surface area contributed by atoms with Crippen molar-refractivity contribution in [2.75, 3.05) is 19.7 Å². The summed E-state index contributed by atoms with van der Waals surface area (Å²) in [6.07, 6.45) is 0.232. The van der Waals surface area contributed by atoms with E-state index >= 15 is 0 Å². The second-order valence-corrected chi connectivity index (χ2v) is 9.36. The molecular formula is C21H30ClN3O5. The molecule has 1 saturated heterocycles. The highest BCUT2D eigenvalue weighted by molar-refractivity contribution is 6.21. The molecule has 8 nitrogen and oxygen atoms in total. The highest BCUT2D eigenvalue weighted by Gasteiger charge is 2.47. The molecule has 2 aliphatic rings. The minimum absolute atomic E-state index is 0.0559. The Kier molecular flexibility index (Phi) is 6.50. The van der Waals surface area contributed by atoms with Crippen LogP contribution in [-0.2, 0) is 11.2 Å². The second kappa shape index (κ2) is 8.61. The number of halogens is 1. The van der Waals surface area contributed by atoms with E-state index in [1.54, 1.807) is 32.9 Å². The van der Waals surface area contributed by atoms with Gasteiger partial charge in [0, 0.05) is 13.1 Å². The van der Waals surface area contributed by atoms with Gasteiger partial charge in [0.25, 0.3) is 5.91 Å². The number of rotatable bonds is 3. The minimum Gasteiger partial charge on any atom is -0.492 e. The highest BCUT2D eigenvalue weighted by Crippen LogP contribution is 2.31. The van der Waals surface area contributed by atoms with Crippen LogP contribution < -0.4 is 15.8 Å². The van der Waals surface area contributed by atoms with E-state index in [9.17, 15) is 14.7 Å². The van der Waals surface area contributed by atoms with Crippen molar-refractivity contribution in [3.63, 3.8) is 0 Å². The molecule has 0 aromatic heterocycles. The van der Waals surface area contributed by atoms with Crippen LogP contribution in [0.3, 0.4) is 0 Å². The van der Waals surface area contributed by atoms with Gasteiger partial charge in [-0.2, -0.15) is 0 Å². The number of nitrogens with zero attached hydrogens (tertiary/aromatic N) is 1. The zero-order chi connectivity index (χ0) is 22.1. The number of amides is 2. The maximum absolute atomic E-state index is 12.8. The van der Waals surface area contributed by atoms with Crippen LogP contribution >= 0.6 is 11.6 Å². The van der Waals surface area contributed by atoms with Gasteiger partial charge in [0.05, 0.1) is 17.5 Å². The summed E-state index contributed by atoms with van der Waals surface area (Å²) in [5, 5.41) is 12.9. The van der Waals surface area contributed by atoms with Crippen LogP contribution in [0.15, 0.2) is 18.2 Å². The van der Waals surface area contributed by atoms with Crippen molar-refractivity contribution in [3.05, 3.63) is 29.3 Å². The van der Waals surface area contributed by atoms with E-state index in [4.69, 9.17) is 26.8 Å². The van der Waals surface area contributed by atoms with Crippen molar-refractivity contribution in [1.29, 1.82) is 0 Å². The molecule has 1 aromatic rings. The summed E-state index contributed by atoms with van der Waals surface area (Å²) in [6.45, 7) is 6.16. The fourth-order valence-electron chi connectivity index (χ4n) is 3.67. The molecule has 3 unspecified atom stereocenters. The van der Waals surface area contributed by atoms with E-state index in [-0.39, 0.29) is 19.5 Å². The SMILES string of the molecule is CC(C)(C)OC(=O)N1CCC(O)(C(N)NC(=O)c2cccc3c2OCCC3)C(Cl)C1. The number of alkyl halides is 1. The maximum atomic E-state index is 12.8. The summed E-state index contributed by atoms with van der Waals surface area (Å²) in [4.78, 5) is 26.6. The van der Waals surface area contributed by atoms with Crippen LogP contribution in [0.2, 0.25) is 0 Å². The predicted octanol–water partition coefficient (Wildman–Crippen LogP) is 2.01. The normalized spacial score (nSPS) is 25.0. The summed E-state index contributed by atoms with van der Waals surface area (Å²) < 4.78 is 11.0.